The molecule has 0 atom stereocenters. The van der Waals surface area contributed by atoms with Crippen LogP contribution in [-0.4, -0.2) is 44.2 Å². The molecule has 0 amide bonds. The summed E-state index contributed by atoms with van der Waals surface area (Å²) in [5.41, 5.74) is 0. The highest BCUT2D eigenvalue weighted by Gasteiger charge is 2.16. The number of carbonyl (C=O) groups is 2. The van der Waals surface area contributed by atoms with Crippen molar-refractivity contribution in [1.82, 2.24) is 0 Å². The fraction of sp³-hybridized carbons (Fsp3) is 0.714. The Labute approximate surface area is 92.4 Å². The van der Waals surface area contributed by atoms with Gasteiger partial charge in [0.25, 0.3) is 0 Å². The average molecular weight is 255 g/mol. The first kappa shape index (κ1) is 14.8. The molecular weight excluding hydrogens is 244 g/mol. The highest BCUT2D eigenvalue weighted by Crippen LogP contribution is 2.00. The van der Waals surface area contributed by atoms with Gasteiger partial charge in [-0.1, -0.05) is 0 Å². The average Bonchev–Trinajstić information content (AvgIpc) is 2.07. The van der Waals surface area contributed by atoms with Crippen LogP contribution in [0.15, 0.2) is 0 Å². The highest BCUT2D eigenvalue weighted by atomic mass is 32.3. The summed E-state index contributed by atoms with van der Waals surface area (Å²) in [6.45, 7) is 1.19. The summed E-state index contributed by atoms with van der Waals surface area (Å²) < 4.78 is 43.7. The quantitative estimate of drug-likeness (QED) is 0.335. The Balaban J connectivity index is 4.26. The van der Waals surface area contributed by atoms with Crippen LogP contribution in [0.4, 0.5) is 0 Å². The van der Waals surface area contributed by atoms with Crippen molar-refractivity contribution in [2.75, 3.05) is 13.2 Å². The molecule has 9 heteroatoms. The zero-order chi connectivity index (χ0) is 12.8. The van der Waals surface area contributed by atoms with Gasteiger partial charge in [0.2, 0.25) is 10.4 Å². The van der Waals surface area contributed by atoms with Crippen LogP contribution in [0.25, 0.3) is 0 Å². The number of hydrogen-bond acceptors (Lipinski definition) is 8. The van der Waals surface area contributed by atoms with Gasteiger partial charge in [-0.15, -0.1) is 0 Å². The highest BCUT2D eigenvalue weighted by molar-refractivity contribution is 7.80. The summed E-state index contributed by atoms with van der Waals surface area (Å²) >= 11 is 0. The number of esters is 2. The topological polar surface area (TPSA) is 119 Å². The normalized spacial score (nSPS) is 11.2. The van der Waals surface area contributed by atoms with Gasteiger partial charge in [0.1, 0.15) is 19.3 Å². The van der Waals surface area contributed by atoms with Gasteiger partial charge in [-0.2, -0.15) is 0 Å². The van der Waals surface area contributed by atoms with Crippen LogP contribution < -0.4 is 0 Å². The first-order chi connectivity index (χ1) is 7.20. The van der Waals surface area contributed by atoms with Crippen LogP contribution >= 0.6 is 0 Å². The van der Waals surface area contributed by atoms with E-state index in [-0.39, 0.29) is 0 Å². The van der Waals surface area contributed by atoms with E-state index in [2.05, 4.69) is 13.7 Å². The second-order valence-electron chi connectivity index (χ2n) is 2.73. The summed E-state index contributed by atoms with van der Waals surface area (Å²) in [4.78, 5) is 20.9. The first-order valence-electron chi connectivity index (χ1n) is 4.11. The molecule has 0 aromatic carbocycles. The maximum absolute atomic E-state index is 10.4. The molecule has 0 aromatic rings. The number of carbonyl (C=O) groups excluding carboxylic acids is 2. The fourth-order valence-corrected chi connectivity index (χ4v) is 1.14. The molecule has 0 saturated carbocycles. The lowest BCUT2D eigenvalue weighted by molar-refractivity contribution is -0.148. The van der Waals surface area contributed by atoms with Gasteiger partial charge in [0.05, 0.1) is 0 Å². The SMILES string of the molecule is CC(=O)OCC(COC(C)=O)OS(=O)(=O)[O-]. The molecule has 0 aliphatic rings. The Morgan fingerprint density at radius 2 is 1.50 bits per heavy atom. The minimum absolute atomic E-state index is 0.496. The molecule has 0 N–H and O–H groups in total. The largest absolute Gasteiger partial charge is 0.726 e. The van der Waals surface area contributed by atoms with E-state index in [9.17, 15) is 22.6 Å². The molecule has 0 heterocycles. The Bertz CT molecular complexity index is 327. The molecule has 8 nitrogen and oxygen atoms in total. The fourth-order valence-electron chi connectivity index (χ4n) is 0.691. The van der Waals surface area contributed by atoms with E-state index < -0.39 is 41.7 Å². The van der Waals surface area contributed by atoms with Crippen molar-refractivity contribution >= 4 is 22.3 Å². The number of hydrogen-bond donors (Lipinski definition) is 0. The smallest absolute Gasteiger partial charge is 0.302 e. The standard InChI is InChI=1S/C7H12O8S/c1-5(8)13-3-7(4-14-6(2)9)15-16(10,11)12/h7H,3-4H2,1-2H3,(H,10,11,12)/p-1. The van der Waals surface area contributed by atoms with Crippen molar-refractivity contribution in [1.29, 1.82) is 0 Å². The minimum Gasteiger partial charge on any atom is -0.726 e. The molecule has 0 rings (SSSR count). The lowest BCUT2D eigenvalue weighted by Crippen LogP contribution is -2.30. The van der Waals surface area contributed by atoms with E-state index in [1.54, 1.807) is 0 Å². The van der Waals surface area contributed by atoms with Crippen molar-refractivity contribution in [2.45, 2.75) is 20.0 Å². The zero-order valence-electron chi connectivity index (χ0n) is 8.67. The van der Waals surface area contributed by atoms with Gasteiger partial charge in [-0.05, 0) is 0 Å². The summed E-state index contributed by atoms with van der Waals surface area (Å²) in [5, 5.41) is 0. The third kappa shape index (κ3) is 9.37. The summed E-state index contributed by atoms with van der Waals surface area (Å²) in [5.74, 6) is -1.36. The van der Waals surface area contributed by atoms with Crippen molar-refractivity contribution in [3.63, 3.8) is 0 Å². The van der Waals surface area contributed by atoms with Gasteiger partial charge in [0.15, 0.2) is 0 Å². The third-order valence-electron chi connectivity index (χ3n) is 1.20. The molecule has 0 fully saturated rings. The van der Waals surface area contributed by atoms with Crippen molar-refractivity contribution in [3.05, 3.63) is 0 Å². The predicted molar refractivity (Wildman–Crippen MR) is 47.8 cm³/mol. The van der Waals surface area contributed by atoms with E-state index in [4.69, 9.17) is 0 Å². The third-order valence-corrected chi connectivity index (χ3v) is 1.71. The molecule has 0 saturated heterocycles. The zero-order valence-corrected chi connectivity index (χ0v) is 9.48. The molecule has 94 valence electrons. The van der Waals surface area contributed by atoms with Crippen molar-refractivity contribution in [2.24, 2.45) is 0 Å². The Morgan fingerprint density at radius 3 is 1.75 bits per heavy atom. The van der Waals surface area contributed by atoms with Crippen molar-refractivity contribution in [3.8, 4) is 0 Å². The van der Waals surface area contributed by atoms with E-state index in [0.717, 1.165) is 13.8 Å². The second-order valence-corrected chi connectivity index (χ2v) is 3.74. The van der Waals surface area contributed by atoms with E-state index in [1.807, 2.05) is 0 Å². The summed E-state index contributed by atoms with van der Waals surface area (Å²) in [7, 11) is -4.95. The predicted octanol–water partition coefficient (Wildman–Crippen LogP) is -1.04. The molecule has 0 aliphatic carbocycles. The monoisotopic (exact) mass is 255 g/mol. The molecule has 0 radical (unpaired) electrons. The van der Waals surface area contributed by atoms with Crippen LogP contribution in [-0.2, 0) is 33.6 Å². The molecule has 16 heavy (non-hydrogen) atoms. The van der Waals surface area contributed by atoms with Crippen LogP contribution in [0, 0.1) is 0 Å². The van der Waals surface area contributed by atoms with Crippen LogP contribution in [0.5, 0.6) is 0 Å². The Hall–Kier alpha value is -1.19. The first-order valence-corrected chi connectivity index (χ1v) is 5.45. The van der Waals surface area contributed by atoms with Gasteiger partial charge in [-0.3, -0.25) is 13.8 Å². The maximum atomic E-state index is 10.4. The van der Waals surface area contributed by atoms with Gasteiger partial charge in [-0.25, -0.2) is 8.42 Å². The Kier molecular flexibility index (Phi) is 5.93. The molecule has 0 aliphatic heterocycles. The lowest BCUT2D eigenvalue weighted by Gasteiger charge is -2.18. The van der Waals surface area contributed by atoms with Crippen LogP contribution in [0.3, 0.4) is 0 Å². The number of ether oxygens (including phenoxy) is 2. The molecule has 0 aromatic heterocycles. The van der Waals surface area contributed by atoms with Gasteiger partial charge >= 0.3 is 11.9 Å². The molecule has 0 unspecified atom stereocenters. The van der Waals surface area contributed by atoms with E-state index in [0.29, 0.717) is 0 Å². The van der Waals surface area contributed by atoms with Crippen molar-refractivity contribution < 1.29 is 36.2 Å². The van der Waals surface area contributed by atoms with Crippen LogP contribution in [0.1, 0.15) is 13.8 Å². The van der Waals surface area contributed by atoms with E-state index >= 15 is 0 Å². The second kappa shape index (κ2) is 6.40. The maximum Gasteiger partial charge on any atom is 0.302 e. The number of rotatable bonds is 6. The van der Waals surface area contributed by atoms with Gasteiger partial charge < -0.3 is 14.0 Å². The minimum atomic E-state index is -4.95. The molecular formula is C7H11O8S-. The Morgan fingerprint density at radius 1 is 1.12 bits per heavy atom. The van der Waals surface area contributed by atoms with Crippen LogP contribution in [0.2, 0.25) is 0 Å². The lowest BCUT2D eigenvalue weighted by atomic mass is 10.4. The molecule has 0 spiro atoms. The van der Waals surface area contributed by atoms with Gasteiger partial charge in [0, 0.05) is 13.8 Å². The summed E-state index contributed by atoms with van der Waals surface area (Å²) in [6.07, 6.45) is -1.34. The molecule has 0 bridgehead atoms. The van der Waals surface area contributed by atoms with E-state index in [1.165, 1.54) is 0 Å². The summed E-state index contributed by atoms with van der Waals surface area (Å²) in [6, 6.07) is 0.